The number of thiazole rings is 1. The molecule has 0 fully saturated rings. The molecule has 0 aliphatic carbocycles. The highest BCUT2D eigenvalue weighted by Gasteiger charge is 2.23. The molecule has 0 spiro atoms. The molecule has 0 saturated carbocycles. The Kier molecular flexibility index (Phi) is 3.35. The van der Waals surface area contributed by atoms with E-state index in [0.717, 1.165) is 16.2 Å². The van der Waals surface area contributed by atoms with E-state index in [9.17, 15) is 0 Å². The van der Waals surface area contributed by atoms with Gasteiger partial charge in [-0.2, -0.15) is 0 Å². The van der Waals surface area contributed by atoms with Gasteiger partial charge in [-0.05, 0) is 20.8 Å². The Balaban J connectivity index is 2.84. The Morgan fingerprint density at radius 3 is 2.62 bits per heavy atom. The van der Waals surface area contributed by atoms with Crippen molar-refractivity contribution < 1.29 is 0 Å². The Labute approximate surface area is 92.1 Å². The maximum absolute atomic E-state index is 4.45. The second-order valence-electron chi connectivity index (χ2n) is 3.78. The minimum Gasteiger partial charge on any atom is -0.345 e. The first-order valence-corrected chi connectivity index (χ1v) is 6.19. The number of nitrogens with zero attached hydrogens (tertiary/aromatic N) is 2. The fourth-order valence-electron chi connectivity index (χ4n) is 0.844. The summed E-state index contributed by atoms with van der Waals surface area (Å²) < 4.78 is 0. The van der Waals surface area contributed by atoms with Crippen molar-refractivity contribution >= 4 is 32.4 Å². The molecule has 13 heavy (non-hydrogen) atoms. The van der Waals surface area contributed by atoms with Gasteiger partial charge in [0, 0.05) is 23.3 Å². The molecule has 0 N–H and O–H groups in total. The number of alkyl halides is 1. The van der Waals surface area contributed by atoms with Crippen molar-refractivity contribution in [2.75, 3.05) is 17.3 Å². The maximum Gasteiger partial charge on any atom is 0.185 e. The number of anilines is 1. The van der Waals surface area contributed by atoms with E-state index in [1.807, 2.05) is 6.92 Å². The molecular formula is C9H15BrN2S. The van der Waals surface area contributed by atoms with Crippen LogP contribution in [0.4, 0.5) is 5.13 Å². The van der Waals surface area contributed by atoms with E-state index in [4.69, 9.17) is 0 Å². The summed E-state index contributed by atoms with van der Waals surface area (Å²) in [7, 11) is 2.08. The summed E-state index contributed by atoms with van der Waals surface area (Å²) in [6, 6.07) is 0. The number of rotatable bonds is 3. The fourth-order valence-corrected chi connectivity index (χ4v) is 2.15. The van der Waals surface area contributed by atoms with Crippen molar-refractivity contribution in [2.45, 2.75) is 26.3 Å². The van der Waals surface area contributed by atoms with Gasteiger partial charge >= 0.3 is 0 Å². The minimum absolute atomic E-state index is 0.115. The van der Waals surface area contributed by atoms with Crippen LogP contribution in [-0.4, -0.2) is 22.9 Å². The smallest absolute Gasteiger partial charge is 0.185 e. The van der Waals surface area contributed by atoms with Crippen LogP contribution in [0.5, 0.6) is 0 Å². The van der Waals surface area contributed by atoms with Gasteiger partial charge in [-0.15, -0.1) is 11.3 Å². The van der Waals surface area contributed by atoms with E-state index in [1.165, 1.54) is 0 Å². The van der Waals surface area contributed by atoms with E-state index in [1.54, 1.807) is 11.3 Å². The van der Waals surface area contributed by atoms with Crippen molar-refractivity contribution in [2.24, 2.45) is 0 Å². The standard InChI is InChI=1S/C9H15BrN2S/c1-7-5-13-8(11-7)12(4)9(2,3)6-10/h5H,6H2,1-4H3. The molecule has 0 aliphatic heterocycles. The molecule has 0 aromatic carbocycles. The third-order valence-corrected chi connectivity index (χ3v) is 4.54. The molecule has 2 nitrogen and oxygen atoms in total. The van der Waals surface area contributed by atoms with Crippen molar-refractivity contribution in [3.8, 4) is 0 Å². The molecule has 1 aromatic heterocycles. The molecular weight excluding hydrogens is 248 g/mol. The maximum atomic E-state index is 4.45. The zero-order chi connectivity index (χ0) is 10.1. The topological polar surface area (TPSA) is 16.1 Å². The monoisotopic (exact) mass is 262 g/mol. The van der Waals surface area contributed by atoms with Crippen LogP contribution in [0.15, 0.2) is 5.38 Å². The van der Waals surface area contributed by atoms with Crippen LogP contribution in [0.3, 0.4) is 0 Å². The molecule has 74 valence electrons. The van der Waals surface area contributed by atoms with Gasteiger partial charge in [-0.25, -0.2) is 4.98 Å². The normalized spacial score (nSPS) is 11.8. The molecule has 0 bridgehead atoms. The Morgan fingerprint density at radius 1 is 1.62 bits per heavy atom. The van der Waals surface area contributed by atoms with E-state index in [0.29, 0.717) is 0 Å². The summed E-state index contributed by atoms with van der Waals surface area (Å²) in [6.45, 7) is 6.41. The predicted molar refractivity (Wildman–Crippen MR) is 63.1 cm³/mol. The summed E-state index contributed by atoms with van der Waals surface area (Å²) in [5.74, 6) is 0. The molecule has 0 saturated heterocycles. The second-order valence-corrected chi connectivity index (χ2v) is 5.17. The average Bonchev–Trinajstić information content (AvgIpc) is 2.50. The molecule has 1 rings (SSSR count). The largest absolute Gasteiger partial charge is 0.345 e. The van der Waals surface area contributed by atoms with Gasteiger partial charge in [0.2, 0.25) is 0 Å². The number of hydrogen-bond donors (Lipinski definition) is 0. The van der Waals surface area contributed by atoms with Crippen LogP contribution in [0.2, 0.25) is 0 Å². The van der Waals surface area contributed by atoms with Crippen molar-refractivity contribution in [3.05, 3.63) is 11.1 Å². The summed E-state index contributed by atoms with van der Waals surface area (Å²) in [6.07, 6.45) is 0. The van der Waals surface area contributed by atoms with Crippen LogP contribution < -0.4 is 4.90 Å². The minimum atomic E-state index is 0.115. The van der Waals surface area contributed by atoms with E-state index in [2.05, 4.69) is 52.1 Å². The second kappa shape index (κ2) is 3.96. The number of aromatic nitrogens is 1. The van der Waals surface area contributed by atoms with Gasteiger partial charge in [0.25, 0.3) is 0 Å². The van der Waals surface area contributed by atoms with Crippen LogP contribution >= 0.6 is 27.3 Å². The third kappa shape index (κ3) is 2.44. The lowest BCUT2D eigenvalue weighted by Gasteiger charge is -2.33. The zero-order valence-electron chi connectivity index (χ0n) is 8.47. The third-order valence-electron chi connectivity index (χ3n) is 2.13. The number of hydrogen-bond acceptors (Lipinski definition) is 3. The predicted octanol–water partition coefficient (Wildman–Crippen LogP) is 3.06. The first kappa shape index (κ1) is 11.0. The Hall–Kier alpha value is -0.0900. The van der Waals surface area contributed by atoms with Gasteiger partial charge < -0.3 is 4.90 Å². The molecule has 1 heterocycles. The van der Waals surface area contributed by atoms with Gasteiger partial charge in [-0.1, -0.05) is 15.9 Å². The van der Waals surface area contributed by atoms with E-state index in [-0.39, 0.29) is 5.54 Å². The summed E-state index contributed by atoms with van der Waals surface area (Å²) >= 11 is 5.20. The van der Waals surface area contributed by atoms with Crippen LogP contribution in [0, 0.1) is 6.92 Å². The highest BCUT2D eigenvalue weighted by molar-refractivity contribution is 9.09. The van der Waals surface area contributed by atoms with Gasteiger partial charge in [0.05, 0.1) is 5.69 Å². The zero-order valence-corrected chi connectivity index (χ0v) is 10.9. The molecule has 0 radical (unpaired) electrons. The van der Waals surface area contributed by atoms with Gasteiger partial charge in [0.15, 0.2) is 5.13 Å². The van der Waals surface area contributed by atoms with Crippen LogP contribution in [0.25, 0.3) is 0 Å². The first-order chi connectivity index (χ1) is 5.97. The molecule has 0 atom stereocenters. The summed E-state index contributed by atoms with van der Waals surface area (Å²) in [5, 5.41) is 4.10. The average molecular weight is 263 g/mol. The van der Waals surface area contributed by atoms with E-state index < -0.39 is 0 Å². The quantitative estimate of drug-likeness (QED) is 0.779. The Morgan fingerprint density at radius 2 is 2.23 bits per heavy atom. The highest BCUT2D eigenvalue weighted by Crippen LogP contribution is 2.26. The molecule has 1 aromatic rings. The highest BCUT2D eigenvalue weighted by atomic mass is 79.9. The lowest BCUT2D eigenvalue weighted by atomic mass is 10.1. The fraction of sp³-hybridized carbons (Fsp3) is 0.667. The lowest BCUT2D eigenvalue weighted by molar-refractivity contribution is 0.551. The van der Waals surface area contributed by atoms with Gasteiger partial charge in [0.1, 0.15) is 0 Å². The number of halogens is 1. The van der Waals surface area contributed by atoms with Crippen LogP contribution in [-0.2, 0) is 0 Å². The molecule has 0 amide bonds. The lowest BCUT2D eigenvalue weighted by Crippen LogP contribution is -2.42. The number of aryl methyl sites for hydroxylation is 1. The van der Waals surface area contributed by atoms with Crippen molar-refractivity contribution in [1.82, 2.24) is 4.98 Å². The van der Waals surface area contributed by atoms with Gasteiger partial charge in [-0.3, -0.25) is 0 Å². The first-order valence-electron chi connectivity index (χ1n) is 4.19. The Bertz CT molecular complexity index is 283. The van der Waals surface area contributed by atoms with Crippen molar-refractivity contribution in [1.29, 1.82) is 0 Å². The molecule has 4 heteroatoms. The van der Waals surface area contributed by atoms with Crippen molar-refractivity contribution in [3.63, 3.8) is 0 Å². The van der Waals surface area contributed by atoms with Crippen LogP contribution in [0.1, 0.15) is 19.5 Å². The van der Waals surface area contributed by atoms with E-state index >= 15 is 0 Å². The summed E-state index contributed by atoms with van der Waals surface area (Å²) in [4.78, 5) is 6.66. The molecule has 0 aliphatic rings. The SMILES string of the molecule is Cc1csc(N(C)C(C)(C)CBr)n1. The molecule has 0 unspecified atom stereocenters. The summed E-state index contributed by atoms with van der Waals surface area (Å²) in [5.41, 5.74) is 1.21.